The SMILES string of the molecule is CC(NC(=O)NCCC(=O)NC1CCCCC1)c1ccc2c(c1)CCCC2. The molecule has 27 heavy (non-hydrogen) atoms. The summed E-state index contributed by atoms with van der Waals surface area (Å²) in [5.41, 5.74) is 4.01. The molecule has 1 aromatic rings. The first-order valence-electron chi connectivity index (χ1n) is 10.6. The Hall–Kier alpha value is -2.04. The minimum Gasteiger partial charge on any atom is -0.353 e. The number of aryl methyl sites for hydroxylation is 2. The first-order chi connectivity index (χ1) is 13.1. The molecule has 1 saturated carbocycles. The lowest BCUT2D eigenvalue weighted by atomic mass is 9.89. The number of hydrogen-bond donors (Lipinski definition) is 3. The Morgan fingerprint density at radius 3 is 2.56 bits per heavy atom. The van der Waals surface area contributed by atoms with Gasteiger partial charge in [-0.25, -0.2) is 4.79 Å². The molecule has 0 spiro atoms. The number of fused-ring (bicyclic) bond motifs is 1. The van der Waals surface area contributed by atoms with Gasteiger partial charge in [-0.15, -0.1) is 0 Å². The zero-order valence-corrected chi connectivity index (χ0v) is 16.5. The molecule has 0 bridgehead atoms. The predicted molar refractivity (Wildman–Crippen MR) is 108 cm³/mol. The van der Waals surface area contributed by atoms with Crippen LogP contribution in [0.3, 0.4) is 0 Å². The van der Waals surface area contributed by atoms with Gasteiger partial charge in [0, 0.05) is 19.0 Å². The van der Waals surface area contributed by atoms with Gasteiger partial charge in [-0.05, 0) is 62.1 Å². The summed E-state index contributed by atoms with van der Waals surface area (Å²) in [5, 5.41) is 8.86. The fourth-order valence-electron chi connectivity index (χ4n) is 4.19. The fraction of sp³-hybridized carbons (Fsp3) is 0.636. The minimum absolute atomic E-state index is 0.0323. The van der Waals surface area contributed by atoms with Gasteiger partial charge in [-0.3, -0.25) is 4.79 Å². The van der Waals surface area contributed by atoms with Gasteiger partial charge in [0.2, 0.25) is 5.91 Å². The van der Waals surface area contributed by atoms with E-state index in [0.29, 0.717) is 19.0 Å². The van der Waals surface area contributed by atoms with Crippen LogP contribution < -0.4 is 16.0 Å². The average Bonchev–Trinajstić information content (AvgIpc) is 2.68. The second-order valence-corrected chi connectivity index (χ2v) is 8.01. The molecule has 1 fully saturated rings. The number of nitrogens with one attached hydrogen (secondary N) is 3. The Labute approximate surface area is 162 Å². The number of benzene rings is 1. The molecular weight excluding hydrogens is 338 g/mol. The van der Waals surface area contributed by atoms with E-state index >= 15 is 0 Å². The van der Waals surface area contributed by atoms with E-state index in [1.54, 1.807) is 0 Å². The van der Waals surface area contributed by atoms with E-state index in [1.165, 1.54) is 49.7 Å². The first-order valence-corrected chi connectivity index (χ1v) is 10.6. The Morgan fingerprint density at radius 1 is 1.04 bits per heavy atom. The molecule has 148 valence electrons. The molecule has 5 nitrogen and oxygen atoms in total. The Bertz CT molecular complexity index is 653. The van der Waals surface area contributed by atoms with Gasteiger partial charge in [-0.1, -0.05) is 37.5 Å². The summed E-state index contributed by atoms with van der Waals surface area (Å²) in [6, 6.07) is 6.61. The van der Waals surface area contributed by atoms with Crippen LogP contribution in [0.25, 0.3) is 0 Å². The average molecular weight is 372 g/mol. The molecule has 3 amide bonds. The lowest BCUT2D eigenvalue weighted by molar-refractivity contribution is -0.121. The van der Waals surface area contributed by atoms with Gasteiger partial charge in [0.15, 0.2) is 0 Å². The molecule has 0 saturated heterocycles. The second kappa shape index (κ2) is 9.77. The van der Waals surface area contributed by atoms with Gasteiger partial charge < -0.3 is 16.0 Å². The lowest BCUT2D eigenvalue weighted by Gasteiger charge is -2.23. The molecule has 3 N–H and O–H groups in total. The smallest absolute Gasteiger partial charge is 0.315 e. The molecule has 0 radical (unpaired) electrons. The van der Waals surface area contributed by atoms with Crippen LogP contribution in [0.5, 0.6) is 0 Å². The highest BCUT2D eigenvalue weighted by Gasteiger charge is 2.16. The highest BCUT2D eigenvalue weighted by molar-refractivity contribution is 5.78. The highest BCUT2D eigenvalue weighted by atomic mass is 16.2. The summed E-state index contributed by atoms with van der Waals surface area (Å²) < 4.78 is 0. The third-order valence-corrected chi connectivity index (χ3v) is 5.83. The number of hydrogen-bond acceptors (Lipinski definition) is 2. The van der Waals surface area contributed by atoms with Crippen LogP contribution in [0, 0.1) is 0 Å². The maximum Gasteiger partial charge on any atom is 0.315 e. The quantitative estimate of drug-likeness (QED) is 0.712. The second-order valence-electron chi connectivity index (χ2n) is 8.01. The van der Waals surface area contributed by atoms with Crippen molar-refractivity contribution >= 4 is 11.9 Å². The van der Waals surface area contributed by atoms with Crippen molar-refractivity contribution in [3.63, 3.8) is 0 Å². The Morgan fingerprint density at radius 2 is 1.78 bits per heavy atom. The number of carbonyl (C=O) groups excluding carboxylic acids is 2. The lowest BCUT2D eigenvalue weighted by Crippen LogP contribution is -2.41. The number of rotatable bonds is 6. The number of carbonyl (C=O) groups is 2. The van der Waals surface area contributed by atoms with Gasteiger partial charge >= 0.3 is 6.03 Å². The maximum absolute atomic E-state index is 12.1. The predicted octanol–water partition coefficient (Wildman–Crippen LogP) is 3.76. The van der Waals surface area contributed by atoms with Crippen LogP contribution in [0.4, 0.5) is 4.79 Å². The molecule has 1 unspecified atom stereocenters. The monoisotopic (exact) mass is 371 g/mol. The van der Waals surface area contributed by atoms with Crippen molar-refractivity contribution in [2.75, 3.05) is 6.54 Å². The summed E-state index contributed by atoms with van der Waals surface area (Å²) in [7, 11) is 0. The molecular formula is C22H33N3O2. The van der Waals surface area contributed by atoms with Gasteiger partial charge in [0.05, 0.1) is 6.04 Å². The molecule has 1 atom stereocenters. The van der Waals surface area contributed by atoms with Crippen LogP contribution in [0.2, 0.25) is 0 Å². The van der Waals surface area contributed by atoms with Crippen LogP contribution in [0.15, 0.2) is 18.2 Å². The topological polar surface area (TPSA) is 70.2 Å². The van der Waals surface area contributed by atoms with E-state index in [0.717, 1.165) is 24.8 Å². The van der Waals surface area contributed by atoms with Crippen molar-refractivity contribution in [3.8, 4) is 0 Å². The normalized spacial score (nSPS) is 18.3. The van der Waals surface area contributed by atoms with Gasteiger partial charge in [-0.2, -0.15) is 0 Å². The molecule has 3 rings (SSSR count). The molecule has 2 aliphatic rings. The molecule has 2 aliphatic carbocycles. The van der Waals surface area contributed by atoms with Crippen molar-refractivity contribution in [3.05, 3.63) is 34.9 Å². The molecule has 0 aliphatic heterocycles. The van der Waals surface area contributed by atoms with E-state index < -0.39 is 0 Å². The van der Waals surface area contributed by atoms with Crippen LogP contribution in [-0.4, -0.2) is 24.5 Å². The Kier molecular flexibility index (Phi) is 7.13. The van der Waals surface area contributed by atoms with Crippen molar-refractivity contribution in [2.45, 2.75) is 83.2 Å². The summed E-state index contributed by atoms with van der Waals surface area (Å²) in [4.78, 5) is 24.1. The fourth-order valence-corrected chi connectivity index (χ4v) is 4.19. The van der Waals surface area contributed by atoms with Crippen molar-refractivity contribution in [2.24, 2.45) is 0 Å². The van der Waals surface area contributed by atoms with Crippen LogP contribution >= 0.6 is 0 Å². The minimum atomic E-state index is -0.217. The van der Waals surface area contributed by atoms with Crippen molar-refractivity contribution in [1.29, 1.82) is 0 Å². The molecule has 0 heterocycles. The first kappa shape index (κ1) is 19.7. The third-order valence-electron chi connectivity index (χ3n) is 5.83. The maximum atomic E-state index is 12.1. The van der Waals surface area contributed by atoms with Crippen molar-refractivity contribution < 1.29 is 9.59 Å². The molecule has 1 aromatic carbocycles. The van der Waals surface area contributed by atoms with Crippen LogP contribution in [0.1, 0.15) is 81.0 Å². The number of urea groups is 1. The van der Waals surface area contributed by atoms with Gasteiger partial charge in [0.1, 0.15) is 0 Å². The van der Waals surface area contributed by atoms with E-state index in [-0.39, 0.29) is 18.0 Å². The van der Waals surface area contributed by atoms with Crippen LogP contribution in [-0.2, 0) is 17.6 Å². The summed E-state index contributed by atoms with van der Waals surface area (Å²) >= 11 is 0. The summed E-state index contributed by atoms with van der Waals surface area (Å²) in [5.74, 6) is 0.0323. The largest absolute Gasteiger partial charge is 0.353 e. The van der Waals surface area contributed by atoms with E-state index in [1.807, 2.05) is 6.92 Å². The third kappa shape index (κ3) is 5.98. The Balaban J connectivity index is 1.37. The van der Waals surface area contributed by atoms with Crippen molar-refractivity contribution in [1.82, 2.24) is 16.0 Å². The zero-order valence-electron chi connectivity index (χ0n) is 16.5. The number of amides is 3. The zero-order chi connectivity index (χ0) is 19.1. The molecule has 0 aromatic heterocycles. The summed E-state index contributed by atoms with van der Waals surface area (Å²) in [6.45, 7) is 2.36. The summed E-state index contributed by atoms with van der Waals surface area (Å²) in [6.07, 6.45) is 11.0. The van der Waals surface area contributed by atoms with Gasteiger partial charge in [0.25, 0.3) is 0 Å². The molecule has 5 heteroatoms. The highest BCUT2D eigenvalue weighted by Crippen LogP contribution is 2.24. The standard InChI is InChI=1S/C22H33N3O2/c1-16(18-12-11-17-7-5-6-8-19(17)15-18)24-22(27)23-14-13-21(26)25-20-9-3-2-4-10-20/h11-12,15-16,20H,2-10,13-14H2,1H3,(H,25,26)(H2,23,24,27). The van der Waals surface area contributed by atoms with E-state index in [4.69, 9.17) is 0 Å². The van der Waals surface area contributed by atoms with E-state index in [2.05, 4.69) is 34.1 Å². The van der Waals surface area contributed by atoms with E-state index in [9.17, 15) is 9.59 Å².